The normalized spacial score (nSPS) is 22.4. The number of carboxylic acids is 1. The van der Waals surface area contributed by atoms with Gasteiger partial charge in [0.1, 0.15) is 0 Å². The van der Waals surface area contributed by atoms with E-state index in [1.807, 2.05) is 0 Å². The summed E-state index contributed by atoms with van der Waals surface area (Å²) in [6, 6.07) is 0. The zero-order valence-corrected chi connectivity index (χ0v) is 12.4. The van der Waals surface area contributed by atoms with Gasteiger partial charge < -0.3 is 15.2 Å². The number of rotatable bonds is 9. The highest BCUT2D eigenvalue weighted by Gasteiger charge is 2.35. The van der Waals surface area contributed by atoms with Crippen LogP contribution in [0.3, 0.4) is 0 Å². The Kier molecular flexibility index (Phi) is 8.26. The predicted octanol–water partition coefficient (Wildman–Crippen LogP) is 2.20. The van der Waals surface area contributed by atoms with Crippen molar-refractivity contribution in [2.24, 2.45) is 11.8 Å². The highest BCUT2D eigenvalue weighted by atomic mass is 16.5. The number of aliphatic carboxylic acids is 1. The van der Waals surface area contributed by atoms with Gasteiger partial charge in [-0.25, -0.2) is 0 Å². The van der Waals surface area contributed by atoms with E-state index in [1.165, 1.54) is 0 Å². The summed E-state index contributed by atoms with van der Waals surface area (Å²) in [5, 5.41) is 12.0. The molecule has 2 N–H and O–H groups in total. The summed E-state index contributed by atoms with van der Waals surface area (Å²) in [6.07, 6.45) is 6.13. The lowest BCUT2D eigenvalue weighted by molar-refractivity contribution is -0.148. The van der Waals surface area contributed by atoms with Crippen LogP contribution in [0.4, 0.5) is 0 Å². The van der Waals surface area contributed by atoms with Gasteiger partial charge in [0.2, 0.25) is 5.91 Å². The second-order valence-electron chi connectivity index (χ2n) is 5.45. The second-order valence-corrected chi connectivity index (χ2v) is 5.45. The first-order valence-electron chi connectivity index (χ1n) is 7.75. The van der Waals surface area contributed by atoms with Crippen LogP contribution in [0.25, 0.3) is 0 Å². The van der Waals surface area contributed by atoms with Crippen LogP contribution in [-0.4, -0.2) is 36.7 Å². The molecule has 0 radical (unpaired) electrons. The molecule has 1 saturated carbocycles. The Hall–Kier alpha value is -1.10. The Bertz CT molecular complexity index is 306. The first-order chi connectivity index (χ1) is 9.66. The Labute approximate surface area is 121 Å². The number of ether oxygens (including phenoxy) is 1. The van der Waals surface area contributed by atoms with E-state index in [0.717, 1.165) is 38.7 Å². The first-order valence-corrected chi connectivity index (χ1v) is 7.75. The number of nitrogens with one attached hydrogen (secondary N) is 1. The molecule has 1 fully saturated rings. The molecule has 0 spiro atoms. The van der Waals surface area contributed by atoms with Crippen LogP contribution < -0.4 is 5.32 Å². The molecule has 0 bridgehead atoms. The molecule has 1 aliphatic rings. The van der Waals surface area contributed by atoms with E-state index >= 15 is 0 Å². The fourth-order valence-corrected chi connectivity index (χ4v) is 2.61. The number of hydrogen-bond donors (Lipinski definition) is 2. The summed E-state index contributed by atoms with van der Waals surface area (Å²) in [6.45, 7) is 4.10. The van der Waals surface area contributed by atoms with Gasteiger partial charge in [-0.3, -0.25) is 9.59 Å². The molecule has 116 valence electrons. The van der Waals surface area contributed by atoms with Crippen molar-refractivity contribution in [1.82, 2.24) is 5.32 Å². The average Bonchev–Trinajstić information content (AvgIpc) is 2.46. The van der Waals surface area contributed by atoms with Crippen LogP contribution in [0.2, 0.25) is 0 Å². The van der Waals surface area contributed by atoms with E-state index in [1.54, 1.807) is 0 Å². The Morgan fingerprint density at radius 2 is 1.80 bits per heavy atom. The summed E-state index contributed by atoms with van der Waals surface area (Å²) in [4.78, 5) is 23.2. The minimum atomic E-state index is -0.840. The number of hydrogen-bond acceptors (Lipinski definition) is 3. The summed E-state index contributed by atoms with van der Waals surface area (Å²) >= 11 is 0. The molecule has 0 aromatic heterocycles. The zero-order chi connectivity index (χ0) is 14.8. The molecule has 2 atom stereocenters. The quantitative estimate of drug-likeness (QED) is 0.637. The molecule has 5 heteroatoms. The standard InChI is InChI=1S/C15H27NO4/c1-2-3-10-20-11-6-9-16-14(17)12-7-4-5-8-13(12)15(18)19/h12-13H,2-11H2,1H3,(H,16,17)(H,18,19)/t12-,13+/m0/s1. The van der Waals surface area contributed by atoms with Crippen LogP contribution >= 0.6 is 0 Å². The lowest BCUT2D eigenvalue weighted by Crippen LogP contribution is -2.40. The highest BCUT2D eigenvalue weighted by Crippen LogP contribution is 2.30. The van der Waals surface area contributed by atoms with E-state index in [0.29, 0.717) is 26.0 Å². The first kappa shape index (κ1) is 17.0. The number of carbonyl (C=O) groups excluding carboxylic acids is 1. The van der Waals surface area contributed by atoms with Crippen molar-refractivity contribution in [3.05, 3.63) is 0 Å². The van der Waals surface area contributed by atoms with Crippen molar-refractivity contribution in [1.29, 1.82) is 0 Å². The zero-order valence-electron chi connectivity index (χ0n) is 12.4. The van der Waals surface area contributed by atoms with Crippen molar-refractivity contribution in [3.8, 4) is 0 Å². The Morgan fingerprint density at radius 1 is 1.15 bits per heavy atom. The molecular weight excluding hydrogens is 258 g/mol. The Morgan fingerprint density at radius 3 is 2.45 bits per heavy atom. The maximum absolute atomic E-state index is 12.0. The Balaban J connectivity index is 2.19. The summed E-state index contributed by atoms with van der Waals surface area (Å²) in [7, 11) is 0. The van der Waals surface area contributed by atoms with Crippen LogP contribution in [0.1, 0.15) is 51.9 Å². The lowest BCUT2D eigenvalue weighted by Gasteiger charge is -2.27. The number of carboxylic acid groups (broad SMARTS) is 1. The van der Waals surface area contributed by atoms with Gasteiger partial charge in [-0.2, -0.15) is 0 Å². The van der Waals surface area contributed by atoms with Gasteiger partial charge in [0.15, 0.2) is 0 Å². The molecule has 5 nitrogen and oxygen atoms in total. The molecule has 1 rings (SSSR count). The van der Waals surface area contributed by atoms with Gasteiger partial charge >= 0.3 is 5.97 Å². The predicted molar refractivity (Wildman–Crippen MR) is 76.4 cm³/mol. The molecule has 0 aromatic rings. The molecule has 1 amide bonds. The SMILES string of the molecule is CCCCOCCCNC(=O)[C@H]1CCCC[C@H]1C(=O)O. The highest BCUT2D eigenvalue weighted by molar-refractivity contribution is 5.84. The van der Waals surface area contributed by atoms with Gasteiger partial charge in [-0.1, -0.05) is 26.2 Å². The molecular formula is C15H27NO4. The van der Waals surface area contributed by atoms with E-state index < -0.39 is 11.9 Å². The van der Waals surface area contributed by atoms with Gasteiger partial charge in [0.05, 0.1) is 11.8 Å². The van der Waals surface area contributed by atoms with Crippen molar-refractivity contribution in [2.45, 2.75) is 51.9 Å². The monoisotopic (exact) mass is 285 g/mol. The van der Waals surface area contributed by atoms with Gasteiger partial charge in [0, 0.05) is 19.8 Å². The fraction of sp³-hybridized carbons (Fsp3) is 0.867. The topological polar surface area (TPSA) is 75.6 Å². The minimum Gasteiger partial charge on any atom is -0.481 e. The fourth-order valence-electron chi connectivity index (χ4n) is 2.61. The van der Waals surface area contributed by atoms with Crippen LogP contribution in [0.5, 0.6) is 0 Å². The van der Waals surface area contributed by atoms with Crippen LogP contribution in [0.15, 0.2) is 0 Å². The lowest BCUT2D eigenvalue weighted by atomic mass is 9.79. The molecule has 0 aliphatic heterocycles. The maximum Gasteiger partial charge on any atom is 0.307 e. The van der Waals surface area contributed by atoms with Crippen molar-refractivity contribution >= 4 is 11.9 Å². The summed E-state index contributed by atoms with van der Waals surface area (Å²) in [5.41, 5.74) is 0. The van der Waals surface area contributed by atoms with Crippen LogP contribution in [0, 0.1) is 11.8 Å². The van der Waals surface area contributed by atoms with E-state index in [4.69, 9.17) is 9.84 Å². The summed E-state index contributed by atoms with van der Waals surface area (Å²) < 4.78 is 5.42. The third-order valence-electron chi connectivity index (χ3n) is 3.83. The van der Waals surface area contributed by atoms with Gasteiger partial charge in [-0.05, 0) is 25.7 Å². The van der Waals surface area contributed by atoms with E-state index in [-0.39, 0.29) is 11.8 Å². The smallest absolute Gasteiger partial charge is 0.307 e. The largest absolute Gasteiger partial charge is 0.481 e. The molecule has 1 aliphatic carbocycles. The maximum atomic E-state index is 12.0. The number of unbranched alkanes of at least 4 members (excludes halogenated alkanes) is 1. The minimum absolute atomic E-state index is 0.106. The number of amides is 1. The number of carbonyl (C=O) groups is 2. The summed E-state index contributed by atoms with van der Waals surface area (Å²) in [5.74, 6) is -1.81. The molecule has 0 saturated heterocycles. The molecule has 0 heterocycles. The van der Waals surface area contributed by atoms with Crippen molar-refractivity contribution in [3.63, 3.8) is 0 Å². The third-order valence-corrected chi connectivity index (χ3v) is 3.83. The second kappa shape index (κ2) is 9.75. The van der Waals surface area contributed by atoms with Gasteiger partial charge in [-0.15, -0.1) is 0 Å². The van der Waals surface area contributed by atoms with Gasteiger partial charge in [0.25, 0.3) is 0 Å². The molecule has 20 heavy (non-hydrogen) atoms. The van der Waals surface area contributed by atoms with Crippen molar-refractivity contribution < 1.29 is 19.4 Å². The van der Waals surface area contributed by atoms with E-state index in [2.05, 4.69) is 12.2 Å². The molecule has 0 aromatic carbocycles. The van der Waals surface area contributed by atoms with Crippen LogP contribution in [-0.2, 0) is 14.3 Å². The van der Waals surface area contributed by atoms with E-state index in [9.17, 15) is 9.59 Å². The molecule has 0 unspecified atom stereocenters. The average molecular weight is 285 g/mol. The van der Waals surface area contributed by atoms with Crippen molar-refractivity contribution in [2.75, 3.05) is 19.8 Å². The third kappa shape index (κ3) is 5.90.